The number of thiazole rings is 1. The molecule has 2 unspecified atom stereocenters. The van der Waals surface area contributed by atoms with Crippen molar-refractivity contribution in [3.8, 4) is 0 Å². The van der Waals surface area contributed by atoms with Gasteiger partial charge >= 0.3 is 0 Å². The van der Waals surface area contributed by atoms with E-state index in [4.69, 9.17) is 18.3 Å². The van der Waals surface area contributed by atoms with E-state index in [2.05, 4.69) is 34.5 Å². The van der Waals surface area contributed by atoms with Crippen LogP contribution in [-0.2, 0) is 4.74 Å². The Morgan fingerprint density at radius 2 is 2.17 bits per heavy atom. The van der Waals surface area contributed by atoms with Crippen LogP contribution in [0.15, 0.2) is 10.4 Å². The van der Waals surface area contributed by atoms with Crippen LogP contribution in [0.1, 0.15) is 57.6 Å². The van der Waals surface area contributed by atoms with E-state index < -0.39 is 5.60 Å². The number of anilines is 1. The summed E-state index contributed by atoms with van der Waals surface area (Å²) >= 11 is 1.57. The summed E-state index contributed by atoms with van der Waals surface area (Å²) in [4.78, 5) is 9.11. The van der Waals surface area contributed by atoms with Crippen molar-refractivity contribution in [3.05, 3.63) is 11.1 Å². The van der Waals surface area contributed by atoms with E-state index in [-0.39, 0.29) is 11.5 Å². The minimum absolute atomic E-state index is 0.136. The summed E-state index contributed by atoms with van der Waals surface area (Å²) in [5.74, 6) is 0.863. The first kappa shape index (κ1) is 15.5. The summed E-state index contributed by atoms with van der Waals surface area (Å²) in [6.45, 7) is 4.26. The molecule has 1 aromatic heterocycles. The lowest BCUT2D eigenvalue weighted by Crippen LogP contribution is -2.58. The molecule has 2 heterocycles. The number of aromatic nitrogens is 1. The molecule has 3 saturated carbocycles. The van der Waals surface area contributed by atoms with E-state index in [9.17, 15) is 0 Å². The molecule has 3 N–H and O–H groups in total. The lowest BCUT2D eigenvalue weighted by molar-refractivity contribution is -0.0796. The highest BCUT2D eigenvalue weighted by Gasteiger charge is 2.59. The van der Waals surface area contributed by atoms with Gasteiger partial charge in [-0.05, 0) is 25.2 Å². The topological polar surface area (TPSA) is 72.5 Å². The van der Waals surface area contributed by atoms with Crippen LogP contribution < -0.4 is 11.1 Å². The molecule has 3 fully saturated rings. The Morgan fingerprint density at radius 1 is 1.43 bits per heavy atom. The normalized spacial score (nSPS) is 38.9. The summed E-state index contributed by atoms with van der Waals surface area (Å²) < 4.78 is 6.28. The monoisotopic (exact) mass is 330 g/mol. The molecule has 5 rings (SSSR count). The summed E-state index contributed by atoms with van der Waals surface area (Å²) in [5.41, 5.74) is 7.01. The zero-order chi connectivity index (χ0) is 16.2. The second-order valence-corrected chi connectivity index (χ2v) is 8.46. The number of aliphatic imine (C=N–C) groups is 1. The van der Waals surface area contributed by atoms with Gasteiger partial charge in [-0.2, -0.15) is 0 Å². The quantitative estimate of drug-likeness (QED) is 0.818. The second kappa shape index (κ2) is 5.21. The highest BCUT2D eigenvalue weighted by molar-refractivity contribution is 7.13. The lowest BCUT2D eigenvalue weighted by atomic mass is 9.46. The molecule has 2 bridgehead atoms. The van der Waals surface area contributed by atoms with E-state index in [0.717, 1.165) is 42.9 Å². The molecule has 2 radical (unpaired) electrons. The maximum Gasteiger partial charge on any atom is 0.293 e. The van der Waals surface area contributed by atoms with Crippen molar-refractivity contribution >= 4 is 30.3 Å². The fourth-order valence-corrected chi connectivity index (χ4v) is 5.14. The summed E-state index contributed by atoms with van der Waals surface area (Å²) in [6.07, 6.45) is 4.77. The molecule has 7 heteroatoms. The first-order valence-corrected chi connectivity index (χ1v) is 9.32. The number of nitrogens with two attached hydrogens (primary N) is 1. The standard InChI is InChI=1S/C16H23BN4OS/c1-9(2)11-7-23-14(19-11)21-13-20-12(18)16(22-13)8-15(17)5-3-10(16)4-6-15/h7,9-10,12H,3-6,8,18H2,1-2H3,(H,19,20,21). The molecule has 0 aromatic carbocycles. The minimum Gasteiger partial charge on any atom is -0.454 e. The third-order valence-corrected chi connectivity index (χ3v) is 6.45. The smallest absolute Gasteiger partial charge is 0.293 e. The lowest BCUT2D eigenvalue weighted by Gasteiger charge is -2.55. The predicted molar refractivity (Wildman–Crippen MR) is 94.1 cm³/mol. The van der Waals surface area contributed by atoms with Gasteiger partial charge in [0, 0.05) is 11.3 Å². The van der Waals surface area contributed by atoms with E-state index >= 15 is 0 Å². The SMILES string of the molecule is [B]C12CCC(CC1)C1(C2)OC(Nc2nc(C(C)C)cs2)=NC1N. The number of fused-ring (bicyclic) bond motifs is 2. The number of amidine groups is 1. The molecule has 0 amide bonds. The van der Waals surface area contributed by atoms with Crippen LogP contribution in [0.4, 0.5) is 5.13 Å². The number of rotatable bonds is 2. The van der Waals surface area contributed by atoms with E-state index in [0.29, 0.717) is 17.9 Å². The van der Waals surface area contributed by atoms with Crippen molar-refractivity contribution in [1.29, 1.82) is 0 Å². The van der Waals surface area contributed by atoms with Crippen LogP contribution in [0, 0.1) is 5.92 Å². The highest BCUT2D eigenvalue weighted by Crippen LogP contribution is 2.60. The highest BCUT2D eigenvalue weighted by atomic mass is 32.1. The maximum atomic E-state index is 6.53. The van der Waals surface area contributed by atoms with Crippen molar-refractivity contribution in [2.45, 2.75) is 69.0 Å². The van der Waals surface area contributed by atoms with Crippen LogP contribution >= 0.6 is 11.3 Å². The summed E-state index contributed by atoms with van der Waals surface area (Å²) in [5, 5.41) is 5.94. The van der Waals surface area contributed by atoms with Crippen LogP contribution in [-0.4, -0.2) is 30.6 Å². The number of ether oxygens (including phenoxy) is 1. The van der Waals surface area contributed by atoms with Gasteiger partial charge in [0.25, 0.3) is 6.02 Å². The van der Waals surface area contributed by atoms with E-state index in [1.165, 1.54) is 0 Å². The third-order valence-electron chi connectivity index (χ3n) is 5.67. The molecule has 2 atom stereocenters. The number of hydrogen-bond donors (Lipinski definition) is 2. The Bertz CT molecular complexity index is 638. The van der Waals surface area contributed by atoms with Gasteiger partial charge in [-0.15, -0.1) is 11.3 Å². The average molecular weight is 330 g/mol. The third kappa shape index (κ3) is 2.48. The van der Waals surface area contributed by atoms with Gasteiger partial charge in [0.1, 0.15) is 6.17 Å². The molecule has 4 aliphatic rings. The van der Waals surface area contributed by atoms with Crippen molar-refractivity contribution in [1.82, 2.24) is 4.98 Å². The van der Waals surface area contributed by atoms with E-state index in [1.807, 2.05) is 0 Å². The Hall–Kier alpha value is -1.08. The fraction of sp³-hybridized carbons (Fsp3) is 0.750. The van der Waals surface area contributed by atoms with Gasteiger partial charge in [0.2, 0.25) is 0 Å². The molecule has 5 nitrogen and oxygen atoms in total. The number of nitrogens with one attached hydrogen (secondary N) is 1. The fourth-order valence-electron chi connectivity index (χ4n) is 4.28. The maximum absolute atomic E-state index is 6.53. The Morgan fingerprint density at radius 3 is 2.78 bits per heavy atom. The molecule has 1 aliphatic heterocycles. The average Bonchev–Trinajstić information content (AvgIpc) is 3.06. The van der Waals surface area contributed by atoms with Crippen molar-refractivity contribution in [2.75, 3.05) is 5.32 Å². The number of nitrogens with zero attached hydrogens (tertiary/aromatic N) is 2. The molecule has 0 saturated heterocycles. The Labute approximate surface area is 142 Å². The largest absolute Gasteiger partial charge is 0.454 e. The zero-order valence-electron chi connectivity index (χ0n) is 13.7. The molecule has 3 aliphatic carbocycles. The van der Waals surface area contributed by atoms with Crippen LogP contribution in [0.5, 0.6) is 0 Å². The van der Waals surface area contributed by atoms with Gasteiger partial charge in [-0.1, -0.05) is 32.0 Å². The van der Waals surface area contributed by atoms with Gasteiger partial charge < -0.3 is 10.5 Å². The number of hydrogen-bond acceptors (Lipinski definition) is 6. The van der Waals surface area contributed by atoms with Crippen LogP contribution in [0.25, 0.3) is 0 Å². The summed E-state index contributed by atoms with van der Waals surface area (Å²) in [7, 11) is 6.53. The molecule has 1 spiro atoms. The van der Waals surface area contributed by atoms with Crippen LogP contribution in [0.3, 0.4) is 0 Å². The van der Waals surface area contributed by atoms with Crippen molar-refractivity contribution in [2.24, 2.45) is 16.6 Å². The Balaban J connectivity index is 1.51. The first-order valence-electron chi connectivity index (χ1n) is 8.44. The summed E-state index contributed by atoms with van der Waals surface area (Å²) in [6, 6.07) is 0.498. The van der Waals surface area contributed by atoms with Crippen molar-refractivity contribution in [3.63, 3.8) is 0 Å². The minimum atomic E-state index is -0.425. The Kier molecular flexibility index (Phi) is 3.50. The van der Waals surface area contributed by atoms with Crippen molar-refractivity contribution < 1.29 is 4.74 Å². The molecular weight excluding hydrogens is 307 g/mol. The second-order valence-electron chi connectivity index (χ2n) is 7.61. The first-order chi connectivity index (χ1) is 10.9. The van der Waals surface area contributed by atoms with Gasteiger partial charge in [0.15, 0.2) is 10.7 Å². The van der Waals surface area contributed by atoms with Crippen LogP contribution in [0.2, 0.25) is 5.31 Å². The predicted octanol–water partition coefficient (Wildman–Crippen LogP) is 3.01. The molecule has 1 aromatic rings. The molecular formula is C16H23BN4OS. The van der Waals surface area contributed by atoms with Gasteiger partial charge in [-0.25, -0.2) is 9.98 Å². The molecule has 23 heavy (non-hydrogen) atoms. The van der Waals surface area contributed by atoms with Gasteiger partial charge in [-0.3, -0.25) is 5.32 Å². The molecule has 122 valence electrons. The van der Waals surface area contributed by atoms with E-state index in [1.54, 1.807) is 11.3 Å². The van der Waals surface area contributed by atoms with Gasteiger partial charge in [0.05, 0.1) is 13.5 Å². The zero-order valence-corrected chi connectivity index (χ0v) is 14.5.